The second-order valence-electron chi connectivity index (χ2n) is 5.61. The van der Waals surface area contributed by atoms with Crippen LogP contribution in [-0.2, 0) is 11.3 Å². The summed E-state index contributed by atoms with van der Waals surface area (Å²) in [6, 6.07) is 7.49. The zero-order chi connectivity index (χ0) is 18.1. The molecular formula is C19H15ClN4O2. The topological polar surface area (TPSA) is 66.0 Å². The summed E-state index contributed by atoms with van der Waals surface area (Å²) in [5.74, 6) is 1.07. The molecule has 3 heterocycles. The number of fused-ring (bicyclic) bond motifs is 1. The minimum atomic E-state index is 0.346. The van der Waals surface area contributed by atoms with Gasteiger partial charge in [-0.25, -0.2) is 9.67 Å². The first-order chi connectivity index (χ1) is 12.7. The first-order valence-electron chi connectivity index (χ1n) is 7.90. The molecule has 0 aliphatic carbocycles. The van der Waals surface area contributed by atoms with Crippen molar-refractivity contribution in [1.82, 2.24) is 19.7 Å². The Morgan fingerprint density at radius 1 is 1.27 bits per heavy atom. The fraction of sp³-hybridized carbons (Fsp3) is 0.105. The number of ether oxygens (including phenoxy) is 1. The quantitative estimate of drug-likeness (QED) is 0.519. The largest absolute Gasteiger partial charge is 0.437 e. The molecule has 0 radical (unpaired) electrons. The lowest BCUT2D eigenvalue weighted by atomic mass is 10.1. The molecule has 0 aliphatic rings. The molecule has 4 aromatic rings. The lowest BCUT2D eigenvalue weighted by molar-refractivity contribution is 0.179. The molecule has 0 saturated heterocycles. The lowest BCUT2D eigenvalue weighted by Gasteiger charge is -2.11. The van der Waals surface area contributed by atoms with Crippen LogP contribution in [0.5, 0.6) is 0 Å². The van der Waals surface area contributed by atoms with E-state index in [9.17, 15) is 0 Å². The predicted molar refractivity (Wildman–Crippen MR) is 100 cm³/mol. The third-order valence-corrected chi connectivity index (χ3v) is 4.25. The van der Waals surface area contributed by atoms with Crippen molar-refractivity contribution in [3.63, 3.8) is 0 Å². The summed E-state index contributed by atoms with van der Waals surface area (Å²) >= 11 is 6.09. The molecule has 1 aromatic carbocycles. The van der Waals surface area contributed by atoms with Crippen LogP contribution in [0.1, 0.15) is 11.5 Å². The molecule has 0 N–H and O–H groups in total. The van der Waals surface area contributed by atoms with Gasteiger partial charge >= 0.3 is 0 Å². The van der Waals surface area contributed by atoms with Crippen LogP contribution < -0.4 is 0 Å². The highest BCUT2D eigenvalue weighted by molar-refractivity contribution is 6.31. The maximum absolute atomic E-state index is 6.09. The van der Waals surface area contributed by atoms with Gasteiger partial charge in [-0.1, -0.05) is 18.2 Å². The Bertz CT molecular complexity index is 1100. The van der Waals surface area contributed by atoms with Crippen molar-refractivity contribution in [2.45, 2.75) is 6.61 Å². The second-order valence-corrected chi connectivity index (χ2v) is 6.05. The fourth-order valence-electron chi connectivity index (χ4n) is 2.83. The van der Waals surface area contributed by atoms with Gasteiger partial charge in [0.15, 0.2) is 0 Å². The predicted octanol–water partition coefficient (Wildman–Crippen LogP) is 4.52. The van der Waals surface area contributed by atoms with Gasteiger partial charge in [-0.2, -0.15) is 5.10 Å². The number of pyridine rings is 1. The van der Waals surface area contributed by atoms with Crippen LogP contribution in [0.4, 0.5) is 0 Å². The molecule has 0 saturated carbocycles. The summed E-state index contributed by atoms with van der Waals surface area (Å²) in [4.78, 5) is 8.69. The Labute approximate surface area is 154 Å². The number of rotatable bonds is 5. The van der Waals surface area contributed by atoms with Crippen LogP contribution in [0, 0.1) is 0 Å². The van der Waals surface area contributed by atoms with Crippen molar-refractivity contribution in [2.24, 2.45) is 0 Å². The number of hydrogen-bond acceptors (Lipinski definition) is 5. The highest BCUT2D eigenvalue weighted by Crippen LogP contribution is 2.29. The van der Waals surface area contributed by atoms with Gasteiger partial charge in [-0.3, -0.25) is 4.98 Å². The number of halogens is 1. The molecule has 0 spiro atoms. The van der Waals surface area contributed by atoms with Gasteiger partial charge in [0.1, 0.15) is 5.76 Å². The third kappa shape index (κ3) is 2.79. The van der Waals surface area contributed by atoms with E-state index in [1.54, 1.807) is 31.8 Å². The Morgan fingerprint density at radius 3 is 2.92 bits per heavy atom. The van der Waals surface area contributed by atoms with Crippen molar-refractivity contribution in [3.8, 4) is 17.1 Å². The van der Waals surface area contributed by atoms with E-state index in [-0.39, 0.29) is 0 Å². The fourth-order valence-corrected chi connectivity index (χ4v) is 3.00. The van der Waals surface area contributed by atoms with E-state index < -0.39 is 0 Å². The molecule has 26 heavy (non-hydrogen) atoms. The summed E-state index contributed by atoms with van der Waals surface area (Å²) in [7, 11) is 1.64. The summed E-state index contributed by atoms with van der Waals surface area (Å²) in [5, 5.41) is 6.11. The molecule has 0 amide bonds. The van der Waals surface area contributed by atoms with E-state index >= 15 is 0 Å². The molecule has 4 rings (SSSR count). The maximum Gasteiger partial charge on any atom is 0.230 e. The number of oxazole rings is 1. The van der Waals surface area contributed by atoms with Crippen LogP contribution >= 0.6 is 11.6 Å². The molecule has 3 aromatic heterocycles. The van der Waals surface area contributed by atoms with E-state index in [0.717, 1.165) is 27.8 Å². The van der Waals surface area contributed by atoms with E-state index in [0.29, 0.717) is 23.3 Å². The van der Waals surface area contributed by atoms with E-state index in [1.165, 1.54) is 0 Å². The Balaban J connectivity index is 1.91. The monoisotopic (exact) mass is 366 g/mol. The van der Waals surface area contributed by atoms with Gasteiger partial charge in [0.2, 0.25) is 5.89 Å². The SMILES string of the molecule is C=Cc1cnc(-c2cnn(-c3ccnc4cc(Cl)ccc34)c2COC)o1. The normalized spacial score (nSPS) is 11.2. The van der Waals surface area contributed by atoms with Gasteiger partial charge < -0.3 is 9.15 Å². The zero-order valence-electron chi connectivity index (χ0n) is 14.0. The number of aromatic nitrogens is 4. The third-order valence-electron chi connectivity index (χ3n) is 4.02. The van der Waals surface area contributed by atoms with Gasteiger partial charge in [-0.05, 0) is 30.3 Å². The van der Waals surface area contributed by atoms with Crippen LogP contribution in [-0.4, -0.2) is 26.9 Å². The van der Waals surface area contributed by atoms with Crippen molar-refractivity contribution < 1.29 is 9.15 Å². The maximum atomic E-state index is 6.09. The smallest absolute Gasteiger partial charge is 0.230 e. The van der Waals surface area contributed by atoms with Crippen LogP contribution in [0.15, 0.2) is 53.9 Å². The van der Waals surface area contributed by atoms with Crippen LogP contribution in [0.25, 0.3) is 34.1 Å². The summed E-state index contributed by atoms with van der Waals surface area (Å²) in [5.41, 5.74) is 3.26. The Hall–Kier alpha value is -2.96. The molecule has 0 unspecified atom stereocenters. The standard InChI is InChI=1S/C19H15ClN4O2/c1-3-13-9-22-19(26-13)15-10-23-24(18(15)11-25-2)17-6-7-21-16-8-12(20)4-5-14(16)17/h3-10H,1,11H2,2H3. The van der Waals surface area contributed by atoms with Crippen molar-refractivity contribution in [1.29, 1.82) is 0 Å². The van der Waals surface area contributed by atoms with E-state index in [2.05, 4.69) is 21.6 Å². The van der Waals surface area contributed by atoms with Crippen molar-refractivity contribution in [3.05, 3.63) is 65.9 Å². The van der Waals surface area contributed by atoms with Gasteiger partial charge in [0.05, 0.1) is 41.5 Å². The van der Waals surface area contributed by atoms with E-state index in [1.807, 2.05) is 28.9 Å². The average molecular weight is 367 g/mol. The zero-order valence-corrected chi connectivity index (χ0v) is 14.8. The van der Waals surface area contributed by atoms with Crippen molar-refractivity contribution in [2.75, 3.05) is 7.11 Å². The minimum Gasteiger partial charge on any atom is -0.437 e. The molecule has 0 fully saturated rings. The Morgan fingerprint density at radius 2 is 2.15 bits per heavy atom. The van der Waals surface area contributed by atoms with Gasteiger partial charge in [0.25, 0.3) is 0 Å². The first kappa shape index (κ1) is 16.5. The highest BCUT2D eigenvalue weighted by atomic mass is 35.5. The lowest BCUT2D eigenvalue weighted by Crippen LogP contribution is -2.05. The highest BCUT2D eigenvalue weighted by Gasteiger charge is 2.19. The molecule has 0 bridgehead atoms. The molecule has 0 atom stereocenters. The van der Waals surface area contributed by atoms with Gasteiger partial charge in [0, 0.05) is 23.7 Å². The summed E-state index contributed by atoms with van der Waals surface area (Å²) < 4.78 is 12.9. The second kappa shape index (κ2) is 6.74. The minimum absolute atomic E-state index is 0.346. The number of hydrogen-bond donors (Lipinski definition) is 0. The Kier molecular flexibility index (Phi) is 4.28. The molecule has 130 valence electrons. The molecule has 0 aliphatic heterocycles. The summed E-state index contributed by atoms with van der Waals surface area (Å²) in [6.07, 6.45) is 6.68. The van der Waals surface area contributed by atoms with E-state index in [4.69, 9.17) is 20.8 Å². The van der Waals surface area contributed by atoms with Crippen LogP contribution in [0.2, 0.25) is 5.02 Å². The number of methoxy groups -OCH3 is 1. The molecular weight excluding hydrogens is 352 g/mol. The summed E-state index contributed by atoms with van der Waals surface area (Å²) in [6.45, 7) is 4.04. The van der Waals surface area contributed by atoms with Gasteiger partial charge in [-0.15, -0.1) is 0 Å². The number of benzene rings is 1. The van der Waals surface area contributed by atoms with Crippen molar-refractivity contribution >= 4 is 28.6 Å². The molecule has 7 heteroatoms. The van der Waals surface area contributed by atoms with Crippen LogP contribution in [0.3, 0.4) is 0 Å². The first-order valence-corrected chi connectivity index (χ1v) is 8.28. The average Bonchev–Trinajstić information content (AvgIpc) is 3.28. The molecule has 6 nitrogen and oxygen atoms in total. The number of nitrogens with zero attached hydrogens (tertiary/aromatic N) is 4.